The second-order valence-corrected chi connectivity index (χ2v) is 8.31. The Hall–Kier alpha value is -1.86. The molecule has 5 nitrogen and oxygen atoms in total. The van der Waals surface area contributed by atoms with E-state index in [0.717, 1.165) is 37.2 Å². The largest absolute Gasteiger partial charge is 0.381 e. The quantitative estimate of drug-likeness (QED) is 0.638. The van der Waals surface area contributed by atoms with Gasteiger partial charge < -0.3 is 9.72 Å². The zero-order chi connectivity index (χ0) is 18.3. The number of hydrogen-bond acceptors (Lipinski definition) is 3. The SMILES string of the molecule is O=S(=O)(O)c1c[nH]c2cc(Cl)c(-c3ccc(C4CCOCC4)cc3)cc12. The Morgan fingerprint density at radius 1 is 1.12 bits per heavy atom. The third-order valence-corrected chi connectivity index (χ3v) is 6.13. The third kappa shape index (κ3) is 3.25. The molecule has 0 saturated carbocycles. The molecule has 1 aliphatic heterocycles. The topological polar surface area (TPSA) is 79.4 Å². The maximum absolute atomic E-state index is 11.6. The Bertz CT molecular complexity index is 1050. The Balaban J connectivity index is 1.75. The van der Waals surface area contributed by atoms with E-state index in [1.807, 2.05) is 12.1 Å². The Labute approximate surface area is 156 Å². The molecule has 0 amide bonds. The van der Waals surface area contributed by atoms with Crippen LogP contribution < -0.4 is 0 Å². The van der Waals surface area contributed by atoms with E-state index in [-0.39, 0.29) is 4.90 Å². The Morgan fingerprint density at radius 2 is 1.81 bits per heavy atom. The van der Waals surface area contributed by atoms with E-state index >= 15 is 0 Å². The van der Waals surface area contributed by atoms with Crippen LogP contribution in [0, 0.1) is 0 Å². The number of aromatic nitrogens is 1. The van der Waals surface area contributed by atoms with Gasteiger partial charge in [-0.2, -0.15) is 8.42 Å². The van der Waals surface area contributed by atoms with Crippen LogP contribution in [0.4, 0.5) is 0 Å². The highest BCUT2D eigenvalue weighted by Crippen LogP contribution is 2.36. The van der Waals surface area contributed by atoms with Crippen molar-refractivity contribution in [3.8, 4) is 11.1 Å². The van der Waals surface area contributed by atoms with Crippen molar-refractivity contribution in [3.63, 3.8) is 0 Å². The summed E-state index contributed by atoms with van der Waals surface area (Å²) < 4.78 is 37.9. The number of rotatable bonds is 3. The molecule has 136 valence electrons. The van der Waals surface area contributed by atoms with Crippen LogP contribution >= 0.6 is 11.6 Å². The molecule has 0 radical (unpaired) electrons. The Morgan fingerprint density at radius 3 is 2.46 bits per heavy atom. The predicted molar refractivity (Wildman–Crippen MR) is 101 cm³/mol. The molecule has 2 aromatic carbocycles. The van der Waals surface area contributed by atoms with Crippen LogP contribution in [0.5, 0.6) is 0 Å². The molecule has 2 heterocycles. The molecule has 1 saturated heterocycles. The summed E-state index contributed by atoms with van der Waals surface area (Å²) in [7, 11) is -4.31. The van der Waals surface area contributed by atoms with Gasteiger partial charge in [-0.05, 0) is 42.0 Å². The minimum absolute atomic E-state index is 0.149. The minimum Gasteiger partial charge on any atom is -0.381 e. The highest BCUT2D eigenvalue weighted by Gasteiger charge is 2.19. The molecule has 0 aliphatic carbocycles. The van der Waals surface area contributed by atoms with E-state index in [9.17, 15) is 13.0 Å². The summed E-state index contributed by atoms with van der Waals surface area (Å²) in [6.07, 6.45) is 3.31. The van der Waals surface area contributed by atoms with Gasteiger partial charge in [0.25, 0.3) is 10.1 Å². The molecule has 0 bridgehead atoms. The van der Waals surface area contributed by atoms with Crippen LogP contribution in [-0.2, 0) is 14.9 Å². The van der Waals surface area contributed by atoms with Crippen molar-refractivity contribution in [2.75, 3.05) is 13.2 Å². The van der Waals surface area contributed by atoms with E-state index < -0.39 is 10.1 Å². The molecule has 3 aromatic rings. The van der Waals surface area contributed by atoms with Crippen molar-refractivity contribution in [3.05, 3.63) is 53.2 Å². The fraction of sp³-hybridized carbons (Fsp3) is 0.263. The summed E-state index contributed by atoms with van der Waals surface area (Å²) >= 11 is 6.40. The number of benzene rings is 2. The lowest BCUT2D eigenvalue weighted by molar-refractivity contribution is 0.0853. The number of fused-ring (bicyclic) bond motifs is 1. The number of hydrogen-bond donors (Lipinski definition) is 2. The first-order chi connectivity index (χ1) is 12.4. The van der Waals surface area contributed by atoms with Crippen molar-refractivity contribution in [1.82, 2.24) is 4.98 Å². The van der Waals surface area contributed by atoms with E-state index in [2.05, 4.69) is 17.1 Å². The summed E-state index contributed by atoms with van der Waals surface area (Å²) in [4.78, 5) is 2.68. The van der Waals surface area contributed by atoms with Gasteiger partial charge in [-0.25, -0.2) is 0 Å². The van der Waals surface area contributed by atoms with Gasteiger partial charge in [-0.1, -0.05) is 35.9 Å². The van der Waals surface area contributed by atoms with Gasteiger partial charge in [-0.15, -0.1) is 0 Å². The first kappa shape index (κ1) is 17.5. The summed E-state index contributed by atoms with van der Waals surface area (Å²) in [5.41, 5.74) is 3.46. The zero-order valence-electron chi connectivity index (χ0n) is 13.9. The molecular formula is C19H18ClNO4S. The third-order valence-electron chi connectivity index (χ3n) is 4.92. The van der Waals surface area contributed by atoms with Crippen LogP contribution in [0.3, 0.4) is 0 Å². The first-order valence-corrected chi connectivity index (χ1v) is 10.2. The predicted octanol–water partition coefficient (Wildman–Crippen LogP) is 4.63. The maximum atomic E-state index is 11.6. The monoisotopic (exact) mass is 391 g/mol. The highest BCUT2D eigenvalue weighted by atomic mass is 35.5. The average Bonchev–Trinajstić information content (AvgIpc) is 3.05. The lowest BCUT2D eigenvalue weighted by atomic mass is 9.90. The smallest absolute Gasteiger partial charge is 0.296 e. The summed E-state index contributed by atoms with van der Waals surface area (Å²) in [5, 5.41) is 0.931. The van der Waals surface area contributed by atoms with Gasteiger partial charge in [0.2, 0.25) is 0 Å². The molecule has 0 spiro atoms. The summed E-state index contributed by atoms with van der Waals surface area (Å²) in [5.74, 6) is 0.506. The van der Waals surface area contributed by atoms with Crippen molar-refractivity contribution in [1.29, 1.82) is 0 Å². The highest BCUT2D eigenvalue weighted by molar-refractivity contribution is 7.86. The fourth-order valence-corrected chi connectivity index (χ4v) is 4.45. The van der Waals surface area contributed by atoms with Crippen molar-refractivity contribution < 1.29 is 17.7 Å². The summed E-state index contributed by atoms with van der Waals surface area (Å²) in [6.45, 7) is 1.58. The van der Waals surface area contributed by atoms with Crippen LogP contribution in [0.15, 0.2) is 47.5 Å². The molecule has 0 atom stereocenters. The molecule has 1 fully saturated rings. The number of halogens is 1. The molecule has 1 aliphatic rings. The number of aromatic amines is 1. The van der Waals surface area contributed by atoms with Crippen LogP contribution in [-0.4, -0.2) is 31.2 Å². The van der Waals surface area contributed by atoms with Crippen molar-refractivity contribution >= 4 is 32.6 Å². The van der Waals surface area contributed by atoms with E-state index in [1.54, 1.807) is 12.1 Å². The molecule has 7 heteroatoms. The minimum atomic E-state index is -4.31. The molecule has 26 heavy (non-hydrogen) atoms. The van der Waals surface area contributed by atoms with Crippen molar-refractivity contribution in [2.24, 2.45) is 0 Å². The lowest BCUT2D eigenvalue weighted by Crippen LogP contribution is -2.13. The molecular weight excluding hydrogens is 374 g/mol. The van der Waals surface area contributed by atoms with Crippen molar-refractivity contribution in [2.45, 2.75) is 23.7 Å². The van der Waals surface area contributed by atoms with E-state index in [0.29, 0.717) is 21.8 Å². The Kier molecular flexibility index (Phi) is 4.52. The van der Waals surface area contributed by atoms with Gasteiger partial charge in [0.05, 0.1) is 5.02 Å². The molecule has 2 N–H and O–H groups in total. The first-order valence-electron chi connectivity index (χ1n) is 8.39. The molecule has 4 rings (SSSR count). The fourth-order valence-electron chi connectivity index (χ4n) is 3.52. The van der Waals surface area contributed by atoms with E-state index in [4.69, 9.17) is 16.3 Å². The van der Waals surface area contributed by atoms with Crippen LogP contribution in [0.1, 0.15) is 24.3 Å². The van der Waals surface area contributed by atoms with Gasteiger partial charge >= 0.3 is 0 Å². The van der Waals surface area contributed by atoms with Gasteiger partial charge in [-0.3, -0.25) is 4.55 Å². The van der Waals surface area contributed by atoms with E-state index in [1.165, 1.54) is 11.8 Å². The second-order valence-electron chi connectivity index (χ2n) is 6.51. The van der Waals surface area contributed by atoms with Gasteiger partial charge in [0.1, 0.15) is 4.90 Å². The normalized spacial score (nSPS) is 16.2. The lowest BCUT2D eigenvalue weighted by Gasteiger charge is -2.22. The second kappa shape index (κ2) is 6.70. The maximum Gasteiger partial charge on any atom is 0.296 e. The number of ether oxygens (including phenoxy) is 1. The standard InChI is InChI=1S/C19H18ClNO4S/c20-17-10-18-16(19(11-21-18)26(22,23)24)9-15(17)14-3-1-12(2-4-14)13-5-7-25-8-6-13/h1-4,9-11,13,21H,5-8H2,(H,22,23,24). The van der Waals surface area contributed by atoms with Gasteiger partial charge in [0, 0.05) is 35.9 Å². The van der Waals surface area contributed by atoms with Gasteiger partial charge in [0.15, 0.2) is 0 Å². The summed E-state index contributed by atoms with van der Waals surface area (Å²) in [6, 6.07) is 11.5. The molecule has 0 unspecified atom stereocenters. The van der Waals surface area contributed by atoms with Crippen LogP contribution in [0.2, 0.25) is 5.02 Å². The zero-order valence-corrected chi connectivity index (χ0v) is 15.5. The number of nitrogens with one attached hydrogen (secondary N) is 1. The number of H-pyrrole nitrogens is 1. The average molecular weight is 392 g/mol. The molecule has 1 aromatic heterocycles. The van der Waals surface area contributed by atoms with Crippen LogP contribution in [0.25, 0.3) is 22.0 Å².